The predicted octanol–water partition coefficient (Wildman–Crippen LogP) is 4.25. The number of para-hydroxylation sites is 1. The van der Waals surface area contributed by atoms with E-state index < -0.39 is 11.7 Å². The molecule has 124 valence electrons. The van der Waals surface area contributed by atoms with Crippen molar-refractivity contribution in [2.45, 2.75) is 19.1 Å². The first-order valence-electron chi connectivity index (χ1n) is 7.37. The zero-order valence-corrected chi connectivity index (χ0v) is 12.7. The summed E-state index contributed by atoms with van der Waals surface area (Å²) >= 11 is 0. The molecule has 1 N–H and O–H groups in total. The van der Waals surface area contributed by atoms with Crippen molar-refractivity contribution in [3.05, 3.63) is 83.4 Å². The monoisotopic (exact) mass is 332 g/mol. The number of alkyl halides is 3. The van der Waals surface area contributed by atoms with Crippen LogP contribution >= 0.6 is 0 Å². The average molecular weight is 332 g/mol. The van der Waals surface area contributed by atoms with Gasteiger partial charge in [-0.3, -0.25) is 0 Å². The molecule has 0 saturated heterocycles. The second-order valence-corrected chi connectivity index (χ2v) is 5.43. The van der Waals surface area contributed by atoms with Crippen LogP contribution < -0.4 is 0 Å². The summed E-state index contributed by atoms with van der Waals surface area (Å²) in [4.78, 5) is 4.17. The van der Waals surface area contributed by atoms with Crippen molar-refractivity contribution in [1.82, 2.24) is 9.55 Å². The highest BCUT2D eigenvalue weighted by Crippen LogP contribution is 2.32. The van der Waals surface area contributed by atoms with Crippen LogP contribution in [0, 0.1) is 0 Å². The van der Waals surface area contributed by atoms with Gasteiger partial charge in [0.1, 0.15) is 11.6 Å². The normalized spacial score (nSPS) is 11.6. The van der Waals surface area contributed by atoms with Crippen LogP contribution in [0.3, 0.4) is 0 Å². The van der Waals surface area contributed by atoms with Gasteiger partial charge in [0.15, 0.2) is 0 Å². The molecule has 3 aromatic rings. The Morgan fingerprint density at radius 3 is 2.33 bits per heavy atom. The molecule has 0 saturated carbocycles. The molecule has 0 atom stereocenters. The standard InChI is InChI=1S/C18H15F3N2O/c19-18(20,21)15-7-3-1-5-13(15)11-17-22-9-10-23(17)12-14-6-2-4-8-16(14)24/h1-10,24H,11-12H2. The molecule has 6 heteroatoms. The van der Waals surface area contributed by atoms with Crippen LogP contribution in [0.15, 0.2) is 60.9 Å². The molecule has 0 spiro atoms. The first-order chi connectivity index (χ1) is 11.4. The van der Waals surface area contributed by atoms with Crippen LogP contribution in [-0.4, -0.2) is 14.7 Å². The van der Waals surface area contributed by atoms with E-state index in [1.807, 2.05) is 0 Å². The van der Waals surface area contributed by atoms with E-state index in [0.29, 0.717) is 17.9 Å². The minimum atomic E-state index is -4.40. The summed E-state index contributed by atoms with van der Waals surface area (Å²) in [5.41, 5.74) is 0.206. The van der Waals surface area contributed by atoms with Crippen LogP contribution in [0.5, 0.6) is 5.75 Å². The number of aromatic hydroxyl groups is 1. The van der Waals surface area contributed by atoms with Gasteiger partial charge in [0, 0.05) is 24.4 Å². The van der Waals surface area contributed by atoms with Crippen molar-refractivity contribution in [3.8, 4) is 5.75 Å². The van der Waals surface area contributed by atoms with Gasteiger partial charge in [-0.1, -0.05) is 36.4 Å². The fraction of sp³-hybridized carbons (Fsp3) is 0.167. The van der Waals surface area contributed by atoms with Crippen LogP contribution in [0.4, 0.5) is 13.2 Å². The predicted molar refractivity (Wildman–Crippen MR) is 83.7 cm³/mol. The molecule has 0 aliphatic rings. The molecule has 3 rings (SSSR count). The maximum absolute atomic E-state index is 13.1. The molecule has 0 aliphatic carbocycles. The number of rotatable bonds is 4. The number of aromatic nitrogens is 2. The molecule has 24 heavy (non-hydrogen) atoms. The highest BCUT2D eigenvalue weighted by Gasteiger charge is 2.33. The number of phenolic OH excluding ortho intramolecular Hbond substituents is 1. The van der Waals surface area contributed by atoms with E-state index in [4.69, 9.17) is 0 Å². The van der Waals surface area contributed by atoms with Crippen molar-refractivity contribution in [2.24, 2.45) is 0 Å². The smallest absolute Gasteiger partial charge is 0.416 e. The van der Waals surface area contributed by atoms with Gasteiger partial charge in [-0.25, -0.2) is 4.98 Å². The summed E-state index contributed by atoms with van der Waals surface area (Å²) in [5.74, 6) is 0.655. The fourth-order valence-corrected chi connectivity index (χ4v) is 2.60. The number of benzene rings is 2. The lowest BCUT2D eigenvalue weighted by atomic mass is 10.0. The first-order valence-corrected chi connectivity index (χ1v) is 7.37. The Balaban J connectivity index is 1.89. The lowest BCUT2D eigenvalue weighted by molar-refractivity contribution is -0.138. The summed E-state index contributed by atoms with van der Waals surface area (Å²) < 4.78 is 41.1. The Kier molecular flexibility index (Phi) is 4.29. The van der Waals surface area contributed by atoms with E-state index in [1.165, 1.54) is 12.1 Å². The van der Waals surface area contributed by atoms with Gasteiger partial charge in [0.25, 0.3) is 0 Å². The Morgan fingerprint density at radius 1 is 0.958 bits per heavy atom. The minimum Gasteiger partial charge on any atom is -0.508 e. The van der Waals surface area contributed by atoms with E-state index >= 15 is 0 Å². The largest absolute Gasteiger partial charge is 0.508 e. The van der Waals surface area contributed by atoms with Crippen LogP contribution in [-0.2, 0) is 19.1 Å². The number of nitrogens with zero attached hydrogens (tertiary/aromatic N) is 2. The molecule has 0 fully saturated rings. The molecule has 0 unspecified atom stereocenters. The number of hydrogen-bond acceptors (Lipinski definition) is 2. The molecular formula is C18H15F3N2O. The summed E-state index contributed by atoms with van der Waals surface area (Å²) in [7, 11) is 0. The third-order valence-electron chi connectivity index (χ3n) is 3.81. The zero-order chi connectivity index (χ0) is 17.2. The topological polar surface area (TPSA) is 38.0 Å². The SMILES string of the molecule is Oc1ccccc1Cn1ccnc1Cc1ccccc1C(F)(F)F. The summed E-state index contributed by atoms with van der Waals surface area (Å²) in [6, 6.07) is 12.3. The van der Waals surface area contributed by atoms with Crippen LogP contribution in [0.25, 0.3) is 0 Å². The molecule has 3 nitrogen and oxygen atoms in total. The Morgan fingerprint density at radius 2 is 1.62 bits per heavy atom. The van der Waals surface area contributed by atoms with Crippen LogP contribution in [0.2, 0.25) is 0 Å². The van der Waals surface area contributed by atoms with Crippen molar-refractivity contribution in [3.63, 3.8) is 0 Å². The molecule has 0 amide bonds. The third kappa shape index (κ3) is 3.42. The number of hydrogen-bond donors (Lipinski definition) is 1. The molecule has 0 aliphatic heterocycles. The first kappa shape index (κ1) is 16.1. The summed E-state index contributed by atoms with van der Waals surface area (Å²) in [5, 5.41) is 9.86. The van der Waals surface area contributed by atoms with Crippen molar-refractivity contribution in [1.29, 1.82) is 0 Å². The number of halogens is 3. The van der Waals surface area contributed by atoms with Crippen molar-refractivity contribution in [2.75, 3.05) is 0 Å². The van der Waals surface area contributed by atoms with E-state index in [0.717, 1.165) is 6.07 Å². The molecule has 2 aromatic carbocycles. The Bertz CT molecular complexity index is 840. The van der Waals surface area contributed by atoms with Gasteiger partial charge in [-0.2, -0.15) is 13.2 Å². The number of imidazole rings is 1. The highest BCUT2D eigenvalue weighted by atomic mass is 19.4. The maximum Gasteiger partial charge on any atom is 0.416 e. The lowest BCUT2D eigenvalue weighted by Gasteiger charge is -2.14. The molecule has 1 aromatic heterocycles. The second kappa shape index (κ2) is 6.39. The highest BCUT2D eigenvalue weighted by molar-refractivity contribution is 5.34. The van der Waals surface area contributed by atoms with Gasteiger partial charge < -0.3 is 9.67 Å². The second-order valence-electron chi connectivity index (χ2n) is 5.43. The average Bonchev–Trinajstić information content (AvgIpc) is 2.96. The van der Waals surface area contributed by atoms with Gasteiger partial charge in [0.2, 0.25) is 0 Å². The zero-order valence-electron chi connectivity index (χ0n) is 12.7. The minimum absolute atomic E-state index is 0.0658. The van der Waals surface area contributed by atoms with Gasteiger partial charge >= 0.3 is 6.18 Å². The van der Waals surface area contributed by atoms with Gasteiger partial charge in [0.05, 0.1) is 12.1 Å². The molecule has 0 bridgehead atoms. The van der Waals surface area contributed by atoms with Gasteiger partial charge in [-0.15, -0.1) is 0 Å². The van der Waals surface area contributed by atoms with E-state index in [-0.39, 0.29) is 17.7 Å². The van der Waals surface area contributed by atoms with E-state index in [2.05, 4.69) is 4.98 Å². The molecule has 1 heterocycles. The van der Waals surface area contributed by atoms with Crippen LogP contribution in [0.1, 0.15) is 22.5 Å². The third-order valence-corrected chi connectivity index (χ3v) is 3.81. The van der Waals surface area contributed by atoms with Crippen molar-refractivity contribution >= 4 is 0 Å². The lowest BCUT2D eigenvalue weighted by Crippen LogP contribution is -2.11. The molecular weight excluding hydrogens is 317 g/mol. The molecule has 0 radical (unpaired) electrons. The Labute approximate surface area is 137 Å². The Hall–Kier alpha value is -2.76. The summed E-state index contributed by atoms with van der Waals surface area (Å²) in [6.07, 6.45) is -1.09. The van der Waals surface area contributed by atoms with Gasteiger partial charge in [-0.05, 0) is 17.7 Å². The quantitative estimate of drug-likeness (QED) is 0.776. The maximum atomic E-state index is 13.1. The fourth-order valence-electron chi connectivity index (χ4n) is 2.60. The van der Waals surface area contributed by atoms with Crippen molar-refractivity contribution < 1.29 is 18.3 Å². The summed E-state index contributed by atoms with van der Waals surface area (Å²) in [6.45, 7) is 0.343. The van der Waals surface area contributed by atoms with E-state index in [9.17, 15) is 18.3 Å². The number of phenols is 1. The van der Waals surface area contributed by atoms with E-state index in [1.54, 1.807) is 47.3 Å².